The molecular formula is C18H17N5O4. The fourth-order valence-corrected chi connectivity index (χ4v) is 2.46. The first-order valence-corrected chi connectivity index (χ1v) is 8.00. The number of nitro benzene ring substituents is 1. The van der Waals surface area contributed by atoms with Gasteiger partial charge in [0.05, 0.1) is 18.2 Å². The van der Waals surface area contributed by atoms with Gasteiger partial charge in [-0.15, -0.1) is 10.2 Å². The van der Waals surface area contributed by atoms with E-state index >= 15 is 0 Å². The lowest BCUT2D eigenvalue weighted by molar-refractivity contribution is -0.385. The Morgan fingerprint density at radius 2 is 2.00 bits per heavy atom. The molecule has 2 aromatic carbocycles. The molecule has 0 aliphatic heterocycles. The minimum atomic E-state index is -0.416. The molecule has 3 rings (SSSR count). The Morgan fingerprint density at radius 1 is 1.22 bits per heavy atom. The first-order valence-electron chi connectivity index (χ1n) is 8.00. The van der Waals surface area contributed by atoms with Crippen molar-refractivity contribution in [1.29, 1.82) is 0 Å². The molecule has 9 heteroatoms. The molecule has 0 aliphatic rings. The van der Waals surface area contributed by atoms with Gasteiger partial charge in [0.25, 0.3) is 5.69 Å². The maximum absolute atomic E-state index is 10.9. The zero-order chi connectivity index (χ0) is 19.2. The SMILES string of the molecule is COc1ccc(C=Nn2cnnc2)cc1COc1ccc([N+](=O)[O-])c(C)c1. The van der Waals surface area contributed by atoms with Crippen molar-refractivity contribution in [2.24, 2.45) is 5.10 Å². The van der Waals surface area contributed by atoms with Gasteiger partial charge >= 0.3 is 0 Å². The largest absolute Gasteiger partial charge is 0.496 e. The van der Waals surface area contributed by atoms with Gasteiger partial charge in [-0.2, -0.15) is 5.10 Å². The second-order valence-corrected chi connectivity index (χ2v) is 5.65. The molecule has 0 saturated carbocycles. The molecular weight excluding hydrogens is 350 g/mol. The van der Waals surface area contributed by atoms with Crippen molar-refractivity contribution in [3.63, 3.8) is 0 Å². The van der Waals surface area contributed by atoms with Crippen LogP contribution in [0.3, 0.4) is 0 Å². The van der Waals surface area contributed by atoms with Crippen molar-refractivity contribution in [2.75, 3.05) is 7.11 Å². The van der Waals surface area contributed by atoms with Crippen molar-refractivity contribution in [3.8, 4) is 11.5 Å². The van der Waals surface area contributed by atoms with Crippen molar-refractivity contribution >= 4 is 11.9 Å². The van der Waals surface area contributed by atoms with Crippen molar-refractivity contribution in [2.45, 2.75) is 13.5 Å². The van der Waals surface area contributed by atoms with E-state index in [1.54, 1.807) is 32.4 Å². The Morgan fingerprint density at radius 3 is 2.67 bits per heavy atom. The molecule has 27 heavy (non-hydrogen) atoms. The van der Waals surface area contributed by atoms with E-state index in [0.717, 1.165) is 11.1 Å². The molecule has 0 atom stereocenters. The van der Waals surface area contributed by atoms with Gasteiger partial charge in [0, 0.05) is 17.2 Å². The number of benzene rings is 2. The van der Waals surface area contributed by atoms with Crippen molar-refractivity contribution < 1.29 is 14.4 Å². The third-order valence-electron chi connectivity index (χ3n) is 3.81. The van der Waals surface area contributed by atoms with E-state index in [4.69, 9.17) is 9.47 Å². The molecule has 0 saturated heterocycles. The normalized spacial score (nSPS) is 10.9. The molecule has 0 aliphatic carbocycles. The highest BCUT2D eigenvalue weighted by Crippen LogP contribution is 2.25. The summed E-state index contributed by atoms with van der Waals surface area (Å²) in [5, 5.41) is 22.5. The van der Waals surface area contributed by atoms with Gasteiger partial charge in [-0.1, -0.05) is 0 Å². The quantitative estimate of drug-likeness (QED) is 0.361. The highest BCUT2D eigenvalue weighted by molar-refractivity contribution is 5.80. The summed E-state index contributed by atoms with van der Waals surface area (Å²) in [5.74, 6) is 1.22. The molecule has 1 aromatic heterocycles. The predicted molar refractivity (Wildman–Crippen MR) is 98.2 cm³/mol. The van der Waals surface area contributed by atoms with Gasteiger partial charge in [0.1, 0.15) is 30.8 Å². The van der Waals surface area contributed by atoms with E-state index in [2.05, 4.69) is 15.3 Å². The number of hydrogen-bond acceptors (Lipinski definition) is 7. The standard InChI is InChI=1S/C18H17N5O4/c1-13-7-16(4-5-17(13)23(24)25)27-10-15-8-14(3-6-18(15)26-2)9-21-22-11-19-20-12-22/h3-9,11-12H,10H2,1-2H3. The number of nitro groups is 1. The predicted octanol–water partition coefficient (Wildman–Crippen LogP) is 2.96. The molecule has 0 spiro atoms. The lowest BCUT2D eigenvalue weighted by Crippen LogP contribution is -2.01. The van der Waals surface area contributed by atoms with E-state index < -0.39 is 4.92 Å². The highest BCUT2D eigenvalue weighted by Gasteiger charge is 2.11. The van der Waals surface area contributed by atoms with Crippen LogP contribution in [-0.2, 0) is 6.61 Å². The zero-order valence-electron chi connectivity index (χ0n) is 14.8. The van der Waals surface area contributed by atoms with Crippen molar-refractivity contribution in [1.82, 2.24) is 14.9 Å². The van der Waals surface area contributed by atoms with Gasteiger partial charge in [0.2, 0.25) is 0 Å². The fourth-order valence-electron chi connectivity index (χ4n) is 2.46. The second kappa shape index (κ2) is 8.09. The maximum Gasteiger partial charge on any atom is 0.272 e. The first kappa shape index (κ1) is 18.1. The number of rotatable bonds is 7. The zero-order valence-corrected chi connectivity index (χ0v) is 14.8. The molecule has 0 amide bonds. The number of hydrogen-bond donors (Lipinski definition) is 0. The Labute approximate surface area is 155 Å². The van der Waals surface area contributed by atoms with Crippen LogP contribution in [0.25, 0.3) is 0 Å². The van der Waals surface area contributed by atoms with Crippen LogP contribution in [0.2, 0.25) is 0 Å². The van der Waals surface area contributed by atoms with Crippen LogP contribution >= 0.6 is 0 Å². The summed E-state index contributed by atoms with van der Waals surface area (Å²) < 4.78 is 12.6. The summed E-state index contributed by atoms with van der Waals surface area (Å²) in [6.45, 7) is 1.92. The molecule has 138 valence electrons. The third kappa shape index (κ3) is 4.46. The molecule has 0 N–H and O–H groups in total. The third-order valence-corrected chi connectivity index (χ3v) is 3.81. The number of aromatic nitrogens is 3. The average molecular weight is 367 g/mol. The lowest BCUT2D eigenvalue weighted by Gasteiger charge is -2.11. The molecule has 9 nitrogen and oxygen atoms in total. The number of methoxy groups -OCH3 is 1. The van der Waals surface area contributed by atoms with Crippen LogP contribution in [0.4, 0.5) is 5.69 Å². The van der Waals surface area contributed by atoms with Crippen molar-refractivity contribution in [3.05, 3.63) is 75.9 Å². The summed E-state index contributed by atoms with van der Waals surface area (Å²) in [5.41, 5.74) is 2.27. The number of nitrogens with zero attached hydrogens (tertiary/aromatic N) is 5. The minimum absolute atomic E-state index is 0.0622. The van der Waals surface area contributed by atoms with Crippen LogP contribution in [0.1, 0.15) is 16.7 Å². The number of ether oxygens (including phenoxy) is 2. The van der Waals surface area contributed by atoms with Crippen LogP contribution in [0.5, 0.6) is 11.5 Å². The van der Waals surface area contributed by atoms with E-state index in [-0.39, 0.29) is 12.3 Å². The van der Waals surface area contributed by atoms with Crippen LogP contribution in [0.15, 0.2) is 54.2 Å². The van der Waals surface area contributed by atoms with Crippen LogP contribution in [0, 0.1) is 17.0 Å². The van der Waals surface area contributed by atoms with Gasteiger partial charge in [-0.05, 0) is 42.8 Å². The minimum Gasteiger partial charge on any atom is -0.496 e. The number of aryl methyl sites for hydroxylation is 1. The topological polar surface area (TPSA) is 105 Å². The molecule has 0 fully saturated rings. The van der Waals surface area contributed by atoms with Crippen LogP contribution in [-0.4, -0.2) is 33.1 Å². The molecule has 0 unspecified atom stereocenters. The molecule has 3 aromatic rings. The molecule has 0 bridgehead atoms. The molecule has 1 heterocycles. The smallest absolute Gasteiger partial charge is 0.272 e. The van der Waals surface area contributed by atoms with Gasteiger partial charge in [-0.3, -0.25) is 10.1 Å². The molecule has 0 radical (unpaired) electrons. The highest BCUT2D eigenvalue weighted by atomic mass is 16.6. The van der Waals surface area contributed by atoms with Crippen LogP contribution < -0.4 is 9.47 Å². The fraction of sp³-hybridized carbons (Fsp3) is 0.167. The van der Waals surface area contributed by atoms with Gasteiger partial charge in [-0.25, -0.2) is 4.68 Å². The lowest BCUT2D eigenvalue weighted by atomic mass is 10.1. The summed E-state index contributed by atoms with van der Waals surface area (Å²) in [7, 11) is 1.58. The summed E-state index contributed by atoms with van der Waals surface area (Å²) in [6, 6.07) is 10.2. The van der Waals surface area contributed by atoms with Gasteiger partial charge in [0.15, 0.2) is 0 Å². The van der Waals surface area contributed by atoms with E-state index in [1.807, 2.05) is 18.2 Å². The summed E-state index contributed by atoms with van der Waals surface area (Å²) in [6.07, 6.45) is 4.64. The summed E-state index contributed by atoms with van der Waals surface area (Å²) >= 11 is 0. The van der Waals surface area contributed by atoms with Gasteiger partial charge < -0.3 is 9.47 Å². The van der Waals surface area contributed by atoms with E-state index in [9.17, 15) is 10.1 Å². The van der Waals surface area contributed by atoms with E-state index in [0.29, 0.717) is 17.1 Å². The Bertz CT molecular complexity index is 970. The average Bonchev–Trinajstić information content (AvgIpc) is 3.18. The summed E-state index contributed by atoms with van der Waals surface area (Å²) in [4.78, 5) is 10.5. The second-order valence-electron chi connectivity index (χ2n) is 5.65. The Kier molecular flexibility index (Phi) is 5.41. The maximum atomic E-state index is 10.9. The first-order chi connectivity index (χ1) is 13.1. The Balaban J connectivity index is 1.76. The monoisotopic (exact) mass is 367 g/mol. The Hall–Kier alpha value is -3.75. The van der Waals surface area contributed by atoms with E-state index in [1.165, 1.54) is 23.4 Å².